The second kappa shape index (κ2) is 9.10. The van der Waals surface area contributed by atoms with Gasteiger partial charge in [-0.3, -0.25) is 9.59 Å². The summed E-state index contributed by atoms with van der Waals surface area (Å²) in [5.74, 6) is -3.39. The van der Waals surface area contributed by atoms with Crippen molar-refractivity contribution >= 4 is 17.5 Å². The zero-order chi connectivity index (χ0) is 29.4. The monoisotopic (exact) mass is 558 g/mol. The minimum atomic E-state index is -1.95. The molecular weight excluding hydrogens is 532 g/mol. The minimum Gasteiger partial charge on any atom is -0.512 e. The Balaban J connectivity index is 1.46. The second-order valence-electron chi connectivity index (χ2n) is 10.5. The summed E-state index contributed by atoms with van der Waals surface area (Å²) in [6.45, 7) is 3.29. The molecule has 0 saturated carbocycles. The molecule has 0 unspecified atom stereocenters. The second-order valence-corrected chi connectivity index (χ2v) is 10.5. The summed E-state index contributed by atoms with van der Waals surface area (Å²) in [4.78, 5) is 39.6. The van der Waals surface area contributed by atoms with Crippen LogP contribution in [0.3, 0.4) is 0 Å². The first kappa shape index (κ1) is 26.4. The highest BCUT2D eigenvalue weighted by molar-refractivity contribution is 6.30. The van der Waals surface area contributed by atoms with E-state index in [1.54, 1.807) is 32.0 Å². The van der Waals surface area contributed by atoms with Crippen molar-refractivity contribution < 1.29 is 49.0 Å². The van der Waals surface area contributed by atoms with Crippen molar-refractivity contribution in [2.24, 2.45) is 5.92 Å². The first-order chi connectivity index (χ1) is 19.5. The summed E-state index contributed by atoms with van der Waals surface area (Å²) in [5, 5.41) is 43.6. The topological polar surface area (TPSA) is 160 Å². The Morgan fingerprint density at radius 2 is 1.76 bits per heavy atom. The van der Waals surface area contributed by atoms with E-state index >= 15 is 0 Å². The lowest BCUT2D eigenvalue weighted by Gasteiger charge is -2.46. The molecule has 41 heavy (non-hydrogen) atoms. The maximum absolute atomic E-state index is 13.4. The van der Waals surface area contributed by atoms with Gasteiger partial charge in [0.15, 0.2) is 17.3 Å². The number of aliphatic hydroxyl groups is 2. The molecule has 0 bridgehead atoms. The number of hydrogen-bond donors (Lipinski definition) is 4. The fourth-order valence-electron chi connectivity index (χ4n) is 6.05. The van der Waals surface area contributed by atoms with E-state index in [9.17, 15) is 34.8 Å². The van der Waals surface area contributed by atoms with Gasteiger partial charge in [-0.15, -0.1) is 0 Å². The molecule has 4 N–H and O–H groups in total. The van der Waals surface area contributed by atoms with Crippen molar-refractivity contribution in [3.8, 4) is 28.7 Å². The highest BCUT2D eigenvalue weighted by Crippen LogP contribution is 2.51. The van der Waals surface area contributed by atoms with E-state index < -0.39 is 40.9 Å². The van der Waals surface area contributed by atoms with Gasteiger partial charge in [-0.25, -0.2) is 4.79 Å². The molecule has 10 nitrogen and oxygen atoms in total. The van der Waals surface area contributed by atoms with Crippen molar-refractivity contribution in [1.29, 1.82) is 0 Å². The van der Waals surface area contributed by atoms with Crippen LogP contribution in [0.4, 0.5) is 0 Å². The maximum Gasteiger partial charge on any atom is 0.357 e. The van der Waals surface area contributed by atoms with Crippen LogP contribution in [-0.2, 0) is 16.0 Å². The van der Waals surface area contributed by atoms with Crippen LogP contribution in [0.1, 0.15) is 56.3 Å². The summed E-state index contributed by atoms with van der Waals surface area (Å²) in [7, 11) is 1.17. The smallest absolute Gasteiger partial charge is 0.357 e. The van der Waals surface area contributed by atoms with Gasteiger partial charge in [0.25, 0.3) is 5.60 Å². The lowest BCUT2D eigenvalue weighted by molar-refractivity contribution is -0.171. The molecule has 1 aliphatic heterocycles. The quantitative estimate of drug-likeness (QED) is 0.270. The molecule has 6 rings (SSSR count). The molecule has 0 spiro atoms. The van der Waals surface area contributed by atoms with E-state index in [0.29, 0.717) is 11.1 Å². The molecule has 10 heteroatoms. The molecule has 0 saturated heterocycles. The third-order valence-corrected chi connectivity index (χ3v) is 8.11. The fourth-order valence-corrected chi connectivity index (χ4v) is 6.05. The number of methoxy groups -OCH3 is 1. The molecule has 0 fully saturated rings. The van der Waals surface area contributed by atoms with Crippen LogP contribution in [0.5, 0.6) is 28.7 Å². The molecule has 3 aromatic carbocycles. The van der Waals surface area contributed by atoms with Gasteiger partial charge in [0.2, 0.25) is 5.78 Å². The van der Waals surface area contributed by atoms with Gasteiger partial charge >= 0.3 is 5.97 Å². The van der Waals surface area contributed by atoms with E-state index in [1.165, 1.54) is 31.4 Å². The minimum absolute atomic E-state index is 0.0165. The molecule has 0 radical (unpaired) electrons. The van der Waals surface area contributed by atoms with Gasteiger partial charge in [-0.1, -0.05) is 25.1 Å². The molecular formula is C31H26O10. The van der Waals surface area contributed by atoms with Crippen LogP contribution in [0, 0.1) is 12.8 Å². The highest BCUT2D eigenvalue weighted by Gasteiger charge is 2.60. The van der Waals surface area contributed by atoms with Crippen molar-refractivity contribution in [2.75, 3.05) is 7.11 Å². The Kier molecular flexibility index (Phi) is 5.86. The van der Waals surface area contributed by atoms with Crippen molar-refractivity contribution in [2.45, 2.75) is 38.4 Å². The summed E-state index contributed by atoms with van der Waals surface area (Å²) in [5.41, 5.74) is -1.52. The predicted molar refractivity (Wildman–Crippen MR) is 143 cm³/mol. The third-order valence-electron chi connectivity index (χ3n) is 8.11. The number of carbonyl (C=O) groups excluding carboxylic acids is 3. The van der Waals surface area contributed by atoms with Crippen LogP contribution in [-0.4, -0.2) is 56.8 Å². The summed E-state index contributed by atoms with van der Waals surface area (Å²) in [6.07, 6.45) is -1.22. The first-order valence-corrected chi connectivity index (χ1v) is 13.0. The van der Waals surface area contributed by atoms with E-state index in [2.05, 4.69) is 0 Å². The molecule has 0 aromatic heterocycles. The van der Waals surface area contributed by atoms with Gasteiger partial charge in [0.05, 0.1) is 24.0 Å². The number of phenolic OH excluding ortho intramolecular Hbond substituents is 2. The van der Waals surface area contributed by atoms with E-state index in [1.807, 2.05) is 0 Å². The van der Waals surface area contributed by atoms with Crippen LogP contribution in [0.2, 0.25) is 0 Å². The van der Waals surface area contributed by atoms with Crippen molar-refractivity contribution in [3.63, 3.8) is 0 Å². The lowest BCUT2D eigenvalue weighted by Crippen LogP contribution is -2.62. The Morgan fingerprint density at radius 3 is 2.49 bits per heavy atom. The number of benzene rings is 3. The zero-order valence-electron chi connectivity index (χ0n) is 22.3. The van der Waals surface area contributed by atoms with Crippen LogP contribution in [0.15, 0.2) is 53.8 Å². The van der Waals surface area contributed by atoms with Gasteiger partial charge in [0, 0.05) is 35.1 Å². The Morgan fingerprint density at radius 1 is 1.02 bits per heavy atom. The number of rotatable bonds is 3. The molecule has 0 amide bonds. The number of aryl methyl sites for hydroxylation is 1. The molecule has 3 aliphatic rings. The molecule has 3 atom stereocenters. The van der Waals surface area contributed by atoms with Gasteiger partial charge in [0.1, 0.15) is 23.4 Å². The third kappa shape index (κ3) is 3.57. The number of ketones is 2. The number of aliphatic hydroxyl groups excluding tert-OH is 2. The van der Waals surface area contributed by atoms with Crippen LogP contribution >= 0.6 is 0 Å². The number of esters is 1. The van der Waals surface area contributed by atoms with E-state index in [4.69, 9.17) is 14.2 Å². The number of ether oxygens (including phenoxy) is 3. The normalized spacial score (nSPS) is 22.6. The Bertz CT molecular complexity index is 1720. The summed E-state index contributed by atoms with van der Waals surface area (Å²) in [6, 6.07) is 10.4. The highest BCUT2D eigenvalue weighted by atomic mass is 16.6. The van der Waals surface area contributed by atoms with Crippen LogP contribution in [0.25, 0.3) is 0 Å². The molecule has 210 valence electrons. The van der Waals surface area contributed by atoms with Crippen LogP contribution < -0.4 is 9.47 Å². The number of hydrogen-bond acceptors (Lipinski definition) is 10. The molecule has 3 aromatic rings. The van der Waals surface area contributed by atoms with E-state index in [0.717, 1.165) is 0 Å². The standard InChI is InChI=1S/C31H26O10/c1-13-10-17-24(26(35)23-15(25(17)34)6-4-7-19(23)32)27(36)28(13)40-21-8-5-9-22-16(21)12-18-20(33)11-14(2)29(37)31(18,41-22)30(38)39-3/h4-10,14,29,32-33,36-37H,11-12H2,1-3H3/t14-,29-,31+/m0/s1. The Hall–Kier alpha value is -4.83. The zero-order valence-corrected chi connectivity index (χ0v) is 22.3. The SMILES string of the molecule is COC(=O)[C@@]12Oc3cccc(Oc4c(C)cc5c(c4O)C(=O)c4c(O)cccc4C5=O)c3CC1=C(O)C[C@H](C)[C@@H]2O. The number of phenols is 2. The van der Waals surface area contributed by atoms with E-state index in [-0.39, 0.29) is 69.4 Å². The van der Waals surface area contributed by atoms with Crippen molar-refractivity contribution in [3.05, 3.63) is 87.2 Å². The average molecular weight is 559 g/mol. The largest absolute Gasteiger partial charge is 0.512 e. The number of fused-ring (bicyclic) bond motifs is 4. The van der Waals surface area contributed by atoms with Crippen molar-refractivity contribution in [1.82, 2.24) is 0 Å². The number of allylic oxidation sites excluding steroid dienone is 1. The first-order valence-electron chi connectivity index (χ1n) is 13.0. The number of aromatic hydroxyl groups is 2. The summed E-state index contributed by atoms with van der Waals surface area (Å²) >= 11 is 0. The molecule has 1 heterocycles. The van der Waals surface area contributed by atoms with Gasteiger partial charge in [-0.2, -0.15) is 0 Å². The summed E-state index contributed by atoms with van der Waals surface area (Å²) < 4.78 is 17.3. The van der Waals surface area contributed by atoms with Gasteiger partial charge < -0.3 is 34.6 Å². The van der Waals surface area contributed by atoms with Gasteiger partial charge in [-0.05, 0) is 42.7 Å². The molecule has 2 aliphatic carbocycles. The number of carbonyl (C=O) groups is 3. The Labute approximate surface area is 234 Å². The predicted octanol–water partition coefficient (Wildman–Crippen LogP) is 4.03. The fraction of sp³-hybridized carbons (Fsp3) is 0.258. The lowest BCUT2D eigenvalue weighted by atomic mass is 9.71. The maximum atomic E-state index is 13.4. The average Bonchev–Trinajstić information content (AvgIpc) is 2.95.